The van der Waals surface area contributed by atoms with Crippen molar-refractivity contribution in [3.63, 3.8) is 0 Å². The first-order chi connectivity index (χ1) is 29.0. The van der Waals surface area contributed by atoms with E-state index >= 15 is 0 Å². The van der Waals surface area contributed by atoms with Crippen molar-refractivity contribution < 1.29 is 8.42 Å². The van der Waals surface area contributed by atoms with Gasteiger partial charge in [-0.15, -0.1) is 0 Å². The molecule has 0 spiro atoms. The Morgan fingerprint density at radius 2 is 0.814 bits per heavy atom. The molecule has 3 heterocycles. The van der Waals surface area contributed by atoms with Gasteiger partial charge in [-0.1, -0.05) is 121 Å². The highest BCUT2D eigenvalue weighted by Gasteiger charge is 2.21. The van der Waals surface area contributed by atoms with Gasteiger partial charge < -0.3 is 4.57 Å². The van der Waals surface area contributed by atoms with Gasteiger partial charge in [0.1, 0.15) is 0 Å². The molecule has 280 valence electrons. The van der Waals surface area contributed by atoms with Crippen molar-refractivity contribution in [2.24, 2.45) is 0 Å². The minimum atomic E-state index is -3.70. The summed E-state index contributed by atoms with van der Waals surface area (Å²) in [7, 11) is -3.70. The van der Waals surface area contributed by atoms with Gasteiger partial charge >= 0.3 is 0 Å². The molecule has 0 aliphatic carbocycles. The molecule has 0 unspecified atom stereocenters. The van der Waals surface area contributed by atoms with E-state index in [4.69, 9.17) is 15.0 Å². The second kappa shape index (κ2) is 13.8. The highest BCUT2D eigenvalue weighted by atomic mass is 32.2. The lowest BCUT2D eigenvalue weighted by atomic mass is 10.0. The van der Waals surface area contributed by atoms with Crippen molar-refractivity contribution >= 4 is 53.4 Å². The summed E-state index contributed by atoms with van der Waals surface area (Å²) in [4.78, 5) is 15.6. The lowest BCUT2D eigenvalue weighted by molar-refractivity contribution is 0.596. The van der Waals surface area contributed by atoms with Gasteiger partial charge in [0.25, 0.3) is 0 Å². The third kappa shape index (κ3) is 5.80. The van der Waals surface area contributed by atoms with Crippen molar-refractivity contribution in [1.29, 1.82) is 0 Å². The van der Waals surface area contributed by atoms with Crippen LogP contribution in [0.15, 0.2) is 210 Å². The maximum absolute atomic E-state index is 13.4. The number of nitrogens with zero attached hydrogens (tertiary/aromatic N) is 5. The fourth-order valence-corrected chi connectivity index (χ4v) is 9.48. The molecule has 0 N–H and O–H groups in total. The summed E-state index contributed by atoms with van der Waals surface area (Å²) in [6, 6.07) is 65.7. The normalized spacial score (nSPS) is 11.9. The largest absolute Gasteiger partial charge is 0.309 e. The van der Waals surface area contributed by atoms with Crippen LogP contribution in [0.25, 0.3) is 89.2 Å². The SMILES string of the molecule is O=S(=O)(c1ccccc1)c1ccc(-c2nc(-c3ccccc3)nc(-n3c4ccccc4c4ccc(-c5ccc6c(c5)c5ccccc5n6-c5ccccc5)cc43)n2)cc1. The van der Waals surface area contributed by atoms with Crippen molar-refractivity contribution in [2.75, 3.05) is 0 Å². The molecule has 0 aliphatic rings. The number of fused-ring (bicyclic) bond motifs is 6. The molecule has 0 fully saturated rings. The van der Waals surface area contributed by atoms with E-state index in [9.17, 15) is 8.42 Å². The predicted molar refractivity (Wildman–Crippen MR) is 237 cm³/mol. The van der Waals surface area contributed by atoms with Crippen molar-refractivity contribution in [3.8, 4) is 45.5 Å². The lowest BCUT2D eigenvalue weighted by Gasteiger charge is -2.12. The summed E-state index contributed by atoms with van der Waals surface area (Å²) in [5.74, 6) is 1.40. The molecule has 0 atom stereocenters. The molecule has 0 radical (unpaired) electrons. The number of sulfone groups is 1. The highest BCUT2D eigenvalue weighted by molar-refractivity contribution is 7.91. The van der Waals surface area contributed by atoms with Crippen molar-refractivity contribution in [2.45, 2.75) is 9.79 Å². The first-order valence-corrected chi connectivity index (χ1v) is 20.8. The minimum Gasteiger partial charge on any atom is -0.309 e. The lowest BCUT2D eigenvalue weighted by Crippen LogP contribution is -2.06. The summed E-state index contributed by atoms with van der Waals surface area (Å²) < 4.78 is 31.3. The quantitative estimate of drug-likeness (QED) is 0.161. The van der Waals surface area contributed by atoms with Gasteiger partial charge in [-0.05, 0) is 90.0 Å². The monoisotopic (exact) mass is 779 g/mol. The molecule has 0 saturated carbocycles. The Bertz CT molecular complexity index is 3490. The van der Waals surface area contributed by atoms with Gasteiger partial charge in [0.05, 0.1) is 31.9 Å². The van der Waals surface area contributed by atoms with E-state index < -0.39 is 9.84 Å². The average molecular weight is 780 g/mol. The molecule has 3 aromatic heterocycles. The van der Waals surface area contributed by atoms with Crippen LogP contribution in [-0.4, -0.2) is 32.5 Å². The highest BCUT2D eigenvalue weighted by Crippen LogP contribution is 2.38. The van der Waals surface area contributed by atoms with Crippen LogP contribution in [0.4, 0.5) is 0 Å². The number of para-hydroxylation sites is 3. The Morgan fingerprint density at radius 1 is 0.339 bits per heavy atom. The Labute approximate surface area is 340 Å². The topological polar surface area (TPSA) is 82.7 Å². The first kappa shape index (κ1) is 34.6. The van der Waals surface area contributed by atoms with Crippen LogP contribution in [0.5, 0.6) is 0 Å². The third-order valence-electron chi connectivity index (χ3n) is 11.0. The van der Waals surface area contributed by atoms with E-state index in [-0.39, 0.29) is 9.79 Å². The van der Waals surface area contributed by atoms with E-state index in [1.165, 1.54) is 10.8 Å². The maximum atomic E-state index is 13.4. The standard InChI is InChI=1S/C51H33N5O2S/c57-59(58,39-18-8-3-9-19-39)40-28-24-35(25-29-40)50-52-49(34-14-4-1-5-15-34)53-51(54-50)56-46-23-13-10-20-41(46)43-30-26-37(33-48(43)56)36-27-31-47-44(32-36)42-21-11-12-22-45(42)55(47)38-16-6-2-7-17-38/h1-33H. The molecule has 8 heteroatoms. The summed E-state index contributed by atoms with van der Waals surface area (Å²) in [5.41, 5.74) is 9.01. The van der Waals surface area contributed by atoms with Crippen LogP contribution >= 0.6 is 0 Å². The van der Waals surface area contributed by atoms with Crippen LogP contribution in [-0.2, 0) is 9.84 Å². The Kier molecular flexibility index (Phi) is 8.06. The van der Waals surface area contributed by atoms with Crippen LogP contribution < -0.4 is 0 Å². The fourth-order valence-electron chi connectivity index (χ4n) is 8.20. The second-order valence-electron chi connectivity index (χ2n) is 14.5. The summed E-state index contributed by atoms with van der Waals surface area (Å²) in [6.45, 7) is 0. The molecule has 0 aliphatic heterocycles. The predicted octanol–water partition coefficient (Wildman–Crippen LogP) is 11.9. The molecule has 0 amide bonds. The molecule has 59 heavy (non-hydrogen) atoms. The van der Waals surface area contributed by atoms with Gasteiger partial charge in [-0.2, -0.15) is 9.97 Å². The van der Waals surface area contributed by atoms with Crippen LogP contribution in [0.2, 0.25) is 0 Å². The molecular weight excluding hydrogens is 747 g/mol. The Hall–Kier alpha value is -7.68. The van der Waals surface area contributed by atoms with Gasteiger partial charge in [-0.3, -0.25) is 4.57 Å². The summed E-state index contributed by atoms with van der Waals surface area (Å²) in [5, 5.41) is 4.53. The summed E-state index contributed by atoms with van der Waals surface area (Å²) in [6.07, 6.45) is 0. The van der Waals surface area contributed by atoms with E-state index in [1.54, 1.807) is 54.6 Å². The average Bonchev–Trinajstić information content (AvgIpc) is 3.82. The zero-order valence-corrected chi connectivity index (χ0v) is 32.3. The number of hydrogen-bond acceptors (Lipinski definition) is 5. The Balaban J connectivity index is 1.09. The summed E-state index contributed by atoms with van der Waals surface area (Å²) >= 11 is 0. The molecule has 0 bridgehead atoms. The number of hydrogen-bond donors (Lipinski definition) is 0. The fraction of sp³-hybridized carbons (Fsp3) is 0. The first-order valence-electron chi connectivity index (χ1n) is 19.4. The van der Waals surface area contributed by atoms with E-state index in [1.807, 2.05) is 42.5 Å². The number of benzene rings is 8. The molecular formula is C51H33N5O2S. The van der Waals surface area contributed by atoms with Crippen molar-refractivity contribution in [1.82, 2.24) is 24.1 Å². The van der Waals surface area contributed by atoms with Crippen LogP contribution in [0.1, 0.15) is 0 Å². The maximum Gasteiger partial charge on any atom is 0.238 e. The van der Waals surface area contributed by atoms with Crippen LogP contribution in [0, 0.1) is 0 Å². The molecule has 8 aromatic carbocycles. The van der Waals surface area contributed by atoms with E-state index in [0.717, 1.165) is 55.2 Å². The van der Waals surface area contributed by atoms with Gasteiger partial charge in [0, 0.05) is 38.4 Å². The molecule has 7 nitrogen and oxygen atoms in total. The minimum absolute atomic E-state index is 0.197. The van der Waals surface area contributed by atoms with Crippen LogP contribution in [0.3, 0.4) is 0 Å². The number of rotatable bonds is 7. The smallest absolute Gasteiger partial charge is 0.238 e. The Morgan fingerprint density at radius 3 is 1.51 bits per heavy atom. The zero-order valence-electron chi connectivity index (χ0n) is 31.5. The third-order valence-corrected chi connectivity index (χ3v) is 12.8. The number of aromatic nitrogens is 5. The molecule has 0 saturated heterocycles. The van der Waals surface area contributed by atoms with Gasteiger partial charge in [0.2, 0.25) is 15.8 Å². The van der Waals surface area contributed by atoms with Gasteiger partial charge in [-0.25, -0.2) is 13.4 Å². The second-order valence-corrected chi connectivity index (χ2v) is 16.4. The molecule has 11 aromatic rings. The van der Waals surface area contributed by atoms with E-state index in [0.29, 0.717) is 23.2 Å². The zero-order chi connectivity index (χ0) is 39.5. The van der Waals surface area contributed by atoms with Crippen molar-refractivity contribution in [3.05, 3.63) is 200 Å². The molecule has 11 rings (SSSR count). The van der Waals surface area contributed by atoms with E-state index in [2.05, 4.69) is 112 Å². The van der Waals surface area contributed by atoms with Gasteiger partial charge in [0.15, 0.2) is 11.6 Å².